The Morgan fingerprint density at radius 3 is 2.30 bits per heavy atom. The van der Waals surface area contributed by atoms with Crippen molar-refractivity contribution in [1.29, 1.82) is 0 Å². The van der Waals surface area contributed by atoms with Crippen LogP contribution in [-0.2, 0) is 6.18 Å². The van der Waals surface area contributed by atoms with Crippen LogP contribution in [0.5, 0.6) is 11.5 Å². The fourth-order valence-electron chi connectivity index (χ4n) is 3.19. The van der Waals surface area contributed by atoms with E-state index in [9.17, 15) is 18.0 Å². The Morgan fingerprint density at radius 2 is 1.67 bits per heavy atom. The van der Waals surface area contributed by atoms with Crippen LogP contribution in [0.1, 0.15) is 40.4 Å². The van der Waals surface area contributed by atoms with Crippen molar-refractivity contribution in [2.24, 2.45) is 5.92 Å². The molecule has 1 saturated carbocycles. The second kappa shape index (κ2) is 6.79. The normalized spacial score (nSPS) is 17.3. The van der Waals surface area contributed by atoms with Gasteiger partial charge in [0.25, 0.3) is 5.91 Å². The molecule has 4 nitrogen and oxygen atoms in total. The molecule has 1 fully saturated rings. The quantitative estimate of drug-likeness (QED) is 0.861. The van der Waals surface area contributed by atoms with Crippen LogP contribution in [0.25, 0.3) is 0 Å². The number of hydrogen-bond donors (Lipinski definition) is 1. The summed E-state index contributed by atoms with van der Waals surface area (Å²) in [7, 11) is 0. The van der Waals surface area contributed by atoms with Crippen LogP contribution in [0.4, 0.5) is 13.2 Å². The van der Waals surface area contributed by atoms with Gasteiger partial charge in [-0.25, -0.2) is 0 Å². The number of benzene rings is 2. The number of fused-ring (bicyclic) bond motifs is 1. The average Bonchev–Trinajstić information content (AvgIpc) is 3.50. The number of ether oxygens (including phenoxy) is 2. The summed E-state index contributed by atoms with van der Waals surface area (Å²) in [6.45, 7) is 0.978. The molecule has 1 aliphatic carbocycles. The maximum atomic E-state index is 12.7. The van der Waals surface area contributed by atoms with Gasteiger partial charge < -0.3 is 14.8 Å². The van der Waals surface area contributed by atoms with Crippen molar-refractivity contribution >= 4 is 5.91 Å². The highest BCUT2D eigenvalue weighted by molar-refractivity contribution is 5.94. The van der Waals surface area contributed by atoms with Crippen molar-refractivity contribution in [2.75, 3.05) is 13.2 Å². The molecule has 0 radical (unpaired) electrons. The van der Waals surface area contributed by atoms with Crippen LogP contribution in [0.2, 0.25) is 0 Å². The van der Waals surface area contributed by atoms with Crippen LogP contribution in [0, 0.1) is 5.92 Å². The number of carbonyl (C=O) groups is 1. The van der Waals surface area contributed by atoms with Crippen molar-refractivity contribution in [3.63, 3.8) is 0 Å². The predicted octanol–water partition coefficient (Wildman–Crippen LogP) is 4.36. The summed E-state index contributed by atoms with van der Waals surface area (Å²) in [4.78, 5) is 12.6. The molecule has 2 aromatic carbocycles. The van der Waals surface area contributed by atoms with E-state index in [2.05, 4.69) is 5.32 Å². The van der Waals surface area contributed by atoms with E-state index in [4.69, 9.17) is 9.47 Å². The molecule has 0 spiro atoms. The topological polar surface area (TPSA) is 47.6 Å². The largest absolute Gasteiger partial charge is 0.486 e. The zero-order valence-corrected chi connectivity index (χ0v) is 14.4. The number of nitrogens with one attached hydrogen (secondary N) is 1. The van der Waals surface area contributed by atoms with Gasteiger partial charge in [0.15, 0.2) is 11.5 Å². The standard InChI is InChI=1S/C20H18F3NO3/c21-20(22,23)15-6-3-13(4-7-15)19(25)24-18(12-1-2-12)14-5-8-16-17(11-14)27-10-9-26-16/h3-8,11-12,18H,1-2,9-10H2,(H,24,25). The number of halogens is 3. The van der Waals surface area contributed by atoms with Crippen molar-refractivity contribution in [3.05, 3.63) is 59.2 Å². The molecule has 142 valence electrons. The Hall–Kier alpha value is -2.70. The van der Waals surface area contributed by atoms with Crippen LogP contribution < -0.4 is 14.8 Å². The van der Waals surface area contributed by atoms with E-state index in [-0.39, 0.29) is 11.6 Å². The molecule has 4 rings (SSSR count). The Labute approximate surface area is 154 Å². The van der Waals surface area contributed by atoms with Crippen LogP contribution in [0.3, 0.4) is 0 Å². The molecule has 27 heavy (non-hydrogen) atoms. The maximum absolute atomic E-state index is 12.7. The number of carbonyl (C=O) groups excluding carboxylic acids is 1. The molecule has 1 amide bonds. The summed E-state index contributed by atoms with van der Waals surface area (Å²) in [6, 6.07) is 9.61. The van der Waals surface area contributed by atoms with E-state index >= 15 is 0 Å². The number of alkyl halides is 3. The number of hydrogen-bond acceptors (Lipinski definition) is 3. The summed E-state index contributed by atoms with van der Waals surface area (Å²) in [5.41, 5.74) is 0.331. The molecule has 1 atom stereocenters. The minimum Gasteiger partial charge on any atom is -0.486 e. The molecule has 1 heterocycles. The number of rotatable bonds is 4. The first-order chi connectivity index (χ1) is 12.9. The number of amides is 1. The van der Waals surface area contributed by atoms with E-state index < -0.39 is 17.6 Å². The summed E-state index contributed by atoms with van der Waals surface area (Å²) in [5, 5.41) is 2.96. The Morgan fingerprint density at radius 1 is 1.00 bits per heavy atom. The molecule has 2 aromatic rings. The van der Waals surface area contributed by atoms with E-state index in [1.165, 1.54) is 12.1 Å². The summed E-state index contributed by atoms with van der Waals surface area (Å²) in [5.74, 6) is 1.24. The third-order valence-electron chi connectivity index (χ3n) is 4.78. The van der Waals surface area contributed by atoms with Crippen LogP contribution >= 0.6 is 0 Å². The first kappa shape index (κ1) is 17.7. The van der Waals surface area contributed by atoms with Crippen molar-refractivity contribution in [1.82, 2.24) is 5.32 Å². The molecule has 7 heteroatoms. The van der Waals surface area contributed by atoms with Gasteiger partial charge in [-0.15, -0.1) is 0 Å². The molecular formula is C20H18F3NO3. The van der Waals surface area contributed by atoms with Gasteiger partial charge in [-0.3, -0.25) is 4.79 Å². The zero-order chi connectivity index (χ0) is 19.0. The van der Waals surface area contributed by atoms with Gasteiger partial charge in [0, 0.05) is 5.56 Å². The maximum Gasteiger partial charge on any atom is 0.416 e. The third-order valence-corrected chi connectivity index (χ3v) is 4.78. The minimum atomic E-state index is -4.42. The highest BCUT2D eigenvalue weighted by Crippen LogP contribution is 2.43. The van der Waals surface area contributed by atoms with Crippen LogP contribution in [-0.4, -0.2) is 19.1 Å². The fourth-order valence-corrected chi connectivity index (χ4v) is 3.19. The second-order valence-electron chi connectivity index (χ2n) is 6.77. The van der Waals surface area contributed by atoms with Gasteiger partial charge in [0.2, 0.25) is 0 Å². The van der Waals surface area contributed by atoms with Gasteiger partial charge in [0.1, 0.15) is 13.2 Å². The second-order valence-corrected chi connectivity index (χ2v) is 6.77. The SMILES string of the molecule is O=C(NC(c1ccc2c(c1)OCCO2)C1CC1)c1ccc(C(F)(F)F)cc1. The molecule has 0 saturated heterocycles. The monoisotopic (exact) mass is 377 g/mol. The smallest absolute Gasteiger partial charge is 0.416 e. The molecule has 1 unspecified atom stereocenters. The average molecular weight is 377 g/mol. The Bertz CT molecular complexity index is 845. The lowest BCUT2D eigenvalue weighted by Crippen LogP contribution is -2.30. The molecule has 1 aliphatic heterocycles. The van der Waals surface area contributed by atoms with Gasteiger partial charge in [-0.2, -0.15) is 13.2 Å². The predicted molar refractivity (Wildman–Crippen MR) is 91.8 cm³/mol. The highest BCUT2D eigenvalue weighted by atomic mass is 19.4. The summed E-state index contributed by atoms with van der Waals surface area (Å²) in [6.07, 6.45) is -2.43. The first-order valence-electron chi connectivity index (χ1n) is 8.79. The van der Waals surface area contributed by atoms with E-state index in [1.807, 2.05) is 18.2 Å². The lowest BCUT2D eigenvalue weighted by molar-refractivity contribution is -0.137. The van der Waals surface area contributed by atoms with Crippen molar-refractivity contribution in [2.45, 2.75) is 25.1 Å². The van der Waals surface area contributed by atoms with Crippen molar-refractivity contribution in [3.8, 4) is 11.5 Å². The molecule has 0 bridgehead atoms. The van der Waals surface area contributed by atoms with Crippen molar-refractivity contribution < 1.29 is 27.4 Å². The summed E-state index contributed by atoms with van der Waals surface area (Å²) < 4.78 is 49.2. The lowest BCUT2D eigenvalue weighted by Gasteiger charge is -2.23. The third kappa shape index (κ3) is 3.86. The van der Waals surface area contributed by atoms with E-state index in [0.29, 0.717) is 30.6 Å². The Balaban J connectivity index is 1.53. The van der Waals surface area contributed by atoms with E-state index in [1.54, 1.807) is 0 Å². The molecular weight excluding hydrogens is 359 g/mol. The van der Waals surface area contributed by atoms with Crippen LogP contribution in [0.15, 0.2) is 42.5 Å². The van der Waals surface area contributed by atoms with E-state index in [0.717, 1.165) is 30.5 Å². The lowest BCUT2D eigenvalue weighted by atomic mass is 10.0. The van der Waals surface area contributed by atoms with Gasteiger partial charge in [0.05, 0.1) is 11.6 Å². The highest BCUT2D eigenvalue weighted by Gasteiger charge is 2.35. The first-order valence-corrected chi connectivity index (χ1v) is 8.79. The molecule has 2 aliphatic rings. The molecule has 1 N–H and O–H groups in total. The zero-order valence-electron chi connectivity index (χ0n) is 14.4. The van der Waals surface area contributed by atoms with Gasteiger partial charge >= 0.3 is 6.18 Å². The fraction of sp³-hybridized carbons (Fsp3) is 0.350. The Kier molecular flexibility index (Phi) is 4.45. The molecule has 0 aromatic heterocycles. The minimum absolute atomic E-state index is 0.200. The van der Waals surface area contributed by atoms with Gasteiger partial charge in [-0.05, 0) is 60.7 Å². The summed E-state index contributed by atoms with van der Waals surface area (Å²) >= 11 is 0. The van der Waals surface area contributed by atoms with Gasteiger partial charge in [-0.1, -0.05) is 6.07 Å².